The first-order chi connectivity index (χ1) is 8.69. The van der Waals surface area contributed by atoms with Crippen molar-refractivity contribution in [1.82, 2.24) is 4.98 Å². The predicted octanol–water partition coefficient (Wildman–Crippen LogP) is 3.10. The van der Waals surface area contributed by atoms with E-state index in [0.717, 1.165) is 17.4 Å². The van der Waals surface area contributed by atoms with E-state index in [0.29, 0.717) is 18.8 Å². The van der Waals surface area contributed by atoms with Crippen molar-refractivity contribution in [2.45, 2.75) is 39.5 Å². The summed E-state index contributed by atoms with van der Waals surface area (Å²) in [6.07, 6.45) is 3.41. The van der Waals surface area contributed by atoms with Crippen molar-refractivity contribution < 1.29 is 9.53 Å². The van der Waals surface area contributed by atoms with E-state index in [2.05, 4.69) is 28.9 Å². The number of esters is 1. The van der Waals surface area contributed by atoms with Crippen molar-refractivity contribution in [1.29, 1.82) is 0 Å². The number of carbonyl (C=O) groups excluding carboxylic acids is 1. The third-order valence-corrected chi connectivity index (χ3v) is 3.91. The predicted molar refractivity (Wildman–Crippen MR) is 75.0 cm³/mol. The van der Waals surface area contributed by atoms with Gasteiger partial charge in [-0.1, -0.05) is 26.7 Å². The average Bonchev–Trinajstić information content (AvgIpc) is 2.85. The number of hydrogen-bond acceptors (Lipinski definition) is 5. The van der Waals surface area contributed by atoms with Crippen molar-refractivity contribution >= 4 is 22.4 Å². The molecule has 0 atom stereocenters. The van der Waals surface area contributed by atoms with Crippen LogP contribution in [0.1, 0.15) is 38.8 Å². The number of nitrogens with zero attached hydrogens (tertiary/aromatic N) is 1. The molecule has 0 aliphatic rings. The van der Waals surface area contributed by atoms with Crippen LogP contribution in [0, 0.1) is 5.92 Å². The fourth-order valence-electron chi connectivity index (χ4n) is 1.64. The van der Waals surface area contributed by atoms with Gasteiger partial charge in [-0.15, -0.1) is 11.3 Å². The molecule has 102 valence electrons. The first-order valence-electron chi connectivity index (χ1n) is 6.44. The summed E-state index contributed by atoms with van der Waals surface area (Å²) in [7, 11) is 1.41. The van der Waals surface area contributed by atoms with Crippen LogP contribution < -0.4 is 5.32 Å². The Balaban J connectivity index is 2.36. The summed E-state index contributed by atoms with van der Waals surface area (Å²) in [4.78, 5) is 15.5. The van der Waals surface area contributed by atoms with E-state index in [-0.39, 0.29) is 5.97 Å². The Hall–Kier alpha value is -1.10. The molecule has 0 aliphatic heterocycles. The highest BCUT2D eigenvalue weighted by Crippen LogP contribution is 2.18. The van der Waals surface area contributed by atoms with Crippen LogP contribution in [0.25, 0.3) is 0 Å². The monoisotopic (exact) mass is 270 g/mol. The summed E-state index contributed by atoms with van der Waals surface area (Å²) >= 11 is 1.60. The van der Waals surface area contributed by atoms with E-state index >= 15 is 0 Å². The average molecular weight is 270 g/mol. The lowest BCUT2D eigenvalue weighted by atomic mass is 10.0. The van der Waals surface area contributed by atoms with Gasteiger partial charge >= 0.3 is 5.97 Å². The van der Waals surface area contributed by atoms with Gasteiger partial charge in [-0.2, -0.15) is 0 Å². The van der Waals surface area contributed by atoms with Crippen LogP contribution in [0.3, 0.4) is 0 Å². The molecule has 1 N–H and O–H groups in total. The van der Waals surface area contributed by atoms with Gasteiger partial charge < -0.3 is 10.1 Å². The van der Waals surface area contributed by atoms with Gasteiger partial charge in [0.1, 0.15) is 0 Å². The lowest BCUT2D eigenvalue weighted by molar-refractivity contribution is -0.140. The standard InChI is InChI=1S/C13H22N2O2S/c1-4-10(5-2)8-14-13-15-11(9-18-13)6-7-12(16)17-3/h9-10H,4-8H2,1-3H3,(H,14,15). The summed E-state index contributed by atoms with van der Waals surface area (Å²) in [6.45, 7) is 5.38. The van der Waals surface area contributed by atoms with E-state index in [1.165, 1.54) is 20.0 Å². The van der Waals surface area contributed by atoms with Gasteiger partial charge in [0.05, 0.1) is 19.2 Å². The number of rotatable bonds is 8. The topological polar surface area (TPSA) is 51.2 Å². The Morgan fingerprint density at radius 3 is 2.83 bits per heavy atom. The van der Waals surface area contributed by atoms with Crippen LogP contribution in [0.5, 0.6) is 0 Å². The van der Waals surface area contributed by atoms with Gasteiger partial charge in [0.25, 0.3) is 0 Å². The van der Waals surface area contributed by atoms with E-state index in [9.17, 15) is 4.79 Å². The minimum Gasteiger partial charge on any atom is -0.469 e. The Kier molecular flexibility index (Phi) is 6.72. The first kappa shape index (κ1) is 15.0. The molecule has 4 nitrogen and oxygen atoms in total. The zero-order valence-electron chi connectivity index (χ0n) is 11.4. The third-order valence-electron chi connectivity index (χ3n) is 3.06. The lowest BCUT2D eigenvalue weighted by Crippen LogP contribution is -2.12. The van der Waals surface area contributed by atoms with E-state index in [4.69, 9.17) is 0 Å². The Labute approximate surface area is 113 Å². The number of thiazole rings is 1. The van der Waals surface area contributed by atoms with Gasteiger partial charge in [-0.25, -0.2) is 4.98 Å². The number of anilines is 1. The molecule has 0 aromatic carbocycles. The van der Waals surface area contributed by atoms with Crippen LogP contribution in [0.2, 0.25) is 0 Å². The van der Waals surface area contributed by atoms with Crippen LogP contribution in [0.4, 0.5) is 5.13 Å². The maximum absolute atomic E-state index is 11.0. The highest BCUT2D eigenvalue weighted by atomic mass is 32.1. The van der Waals surface area contributed by atoms with Gasteiger partial charge in [0, 0.05) is 18.3 Å². The molecular weight excluding hydrogens is 248 g/mol. The summed E-state index contributed by atoms with van der Waals surface area (Å²) in [5.41, 5.74) is 0.956. The maximum Gasteiger partial charge on any atom is 0.305 e. The summed E-state index contributed by atoms with van der Waals surface area (Å²) in [5.74, 6) is 0.516. The van der Waals surface area contributed by atoms with Crippen molar-refractivity contribution in [2.75, 3.05) is 19.0 Å². The third kappa shape index (κ3) is 5.04. The summed E-state index contributed by atoms with van der Waals surface area (Å²) in [5, 5.41) is 6.30. The van der Waals surface area contributed by atoms with Gasteiger partial charge in [0.15, 0.2) is 5.13 Å². The molecule has 0 fully saturated rings. The Bertz CT molecular complexity index is 362. The number of aryl methyl sites for hydroxylation is 1. The number of hydrogen-bond donors (Lipinski definition) is 1. The number of nitrogens with one attached hydrogen (secondary N) is 1. The largest absolute Gasteiger partial charge is 0.469 e. The second-order valence-electron chi connectivity index (χ2n) is 4.28. The van der Waals surface area contributed by atoms with Crippen LogP contribution in [-0.2, 0) is 16.0 Å². The first-order valence-corrected chi connectivity index (χ1v) is 7.32. The molecule has 1 rings (SSSR count). The van der Waals surface area contributed by atoms with Crippen molar-refractivity contribution in [2.24, 2.45) is 5.92 Å². The van der Waals surface area contributed by atoms with E-state index in [1.807, 2.05) is 5.38 Å². The van der Waals surface area contributed by atoms with Crippen LogP contribution >= 0.6 is 11.3 Å². The second kappa shape index (κ2) is 8.08. The van der Waals surface area contributed by atoms with E-state index < -0.39 is 0 Å². The molecule has 0 saturated heterocycles. The van der Waals surface area contributed by atoms with Crippen molar-refractivity contribution in [3.8, 4) is 0 Å². The smallest absolute Gasteiger partial charge is 0.305 e. The zero-order chi connectivity index (χ0) is 13.4. The normalized spacial score (nSPS) is 10.7. The molecule has 1 aromatic rings. The van der Waals surface area contributed by atoms with Crippen molar-refractivity contribution in [3.63, 3.8) is 0 Å². The minimum atomic E-state index is -0.186. The van der Waals surface area contributed by atoms with Gasteiger partial charge in [-0.3, -0.25) is 4.79 Å². The maximum atomic E-state index is 11.0. The molecule has 18 heavy (non-hydrogen) atoms. The molecule has 0 radical (unpaired) electrons. The molecule has 5 heteroatoms. The van der Waals surface area contributed by atoms with Gasteiger partial charge in [0.2, 0.25) is 0 Å². The number of methoxy groups -OCH3 is 1. The Morgan fingerprint density at radius 2 is 2.22 bits per heavy atom. The molecule has 1 heterocycles. The number of carbonyl (C=O) groups is 1. The highest BCUT2D eigenvalue weighted by molar-refractivity contribution is 7.13. The molecule has 0 bridgehead atoms. The van der Waals surface area contributed by atoms with Crippen LogP contribution in [0.15, 0.2) is 5.38 Å². The molecular formula is C13H22N2O2S. The molecule has 1 aromatic heterocycles. The summed E-state index contributed by atoms with van der Waals surface area (Å²) < 4.78 is 4.61. The fourth-order valence-corrected chi connectivity index (χ4v) is 2.40. The molecule has 0 amide bonds. The fraction of sp³-hybridized carbons (Fsp3) is 0.692. The minimum absolute atomic E-state index is 0.186. The number of aromatic nitrogens is 1. The highest BCUT2D eigenvalue weighted by Gasteiger charge is 2.07. The van der Waals surface area contributed by atoms with Crippen LogP contribution in [-0.4, -0.2) is 24.6 Å². The SMILES string of the molecule is CCC(CC)CNc1nc(CCC(=O)OC)cs1. The second-order valence-corrected chi connectivity index (χ2v) is 5.14. The molecule has 0 saturated carbocycles. The van der Waals surface area contributed by atoms with E-state index in [1.54, 1.807) is 11.3 Å². The Morgan fingerprint density at radius 1 is 1.50 bits per heavy atom. The molecule has 0 aliphatic carbocycles. The lowest BCUT2D eigenvalue weighted by Gasteiger charge is -2.11. The van der Waals surface area contributed by atoms with Gasteiger partial charge in [-0.05, 0) is 5.92 Å². The zero-order valence-corrected chi connectivity index (χ0v) is 12.2. The molecule has 0 spiro atoms. The number of ether oxygens (including phenoxy) is 1. The van der Waals surface area contributed by atoms with Crippen molar-refractivity contribution in [3.05, 3.63) is 11.1 Å². The molecule has 0 unspecified atom stereocenters. The quantitative estimate of drug-likeness (QED) is 0.737. The summed E-state index contributed by atoms with van der Waals surface area (Å²) in [6, 6.07) is 0.